The van der Waals surface area contributed by atoms with Crippen molar-refractivity contribution in [3.63, 3.8) is 0 Å². The summed E-state index contributed by atoms with van der Waals surface area (Å²) in [5, 5.41) is 2.85. The van der Waals surface area contributed by atoms with E-state index in [-0.39, 0.29) is 5.56 Å². The summed E-state index contributed by atoms with van der Waals surface area (Å²) in [6.07, 6.45) is 0.303. The lowest BCUT2D eigenvalue weighted by molar-refractivity contribution is 0.428. The first kappa shape index (κ1) is 16.0. The molecule has 0 aliphatic rings. The van der Waals surface area contributed by atoms with Gasteiger partial charge in [0, 0.05) is 11.6 Å². The zero-order valence-electron chi connectivity index (χ0n) is 11.1. The first-order chi connectivity index (χ1) is 9.93. The topological polar surface area (TPSA) is 12.0 Å². The highest BCUT2D eigenvalue weighted by Gasteiger charge is 2.20. The quantitative estimate of drug-likeness (QED) is 0.624. The molecule has 0 amide bonds. The Bertz CT molecular complexity index is 660. The van der Waals surface area contributed by atoms with Crippen molar-refractivity contribution in [3.05, 3.63) is 69.2 Å². The monoisotopic (exact) mass is 361 g/mol. The Kier molecular flexibility index (Phi) is 5.00. The molecule has 6 heteroatoms. The van der Waals surface area contributed by atoms with Gasteiger partial charge in [-0.25, -0.2) is 17.6 Å². The van der Waals surface area contributed by atoms with Crippen molar-refractivity contribution >= 4 is 15.9 Å². The zero-order valence-corrected chi connectivity index (χ0v) is 12.6. The second-order valence-electron chi connectivity index (χ2n) is 4.56. The highest BCUT2D eigenvalue weighted by atomic mass is 79.9. The van der Waals surface area contributed by atoms with Crippen molar-refractivity contribution in [2.45, 2.75) is 12.5 Å². The molecule has 0 fully saturated rings. The number of rotatable bonds is 4. The molecule has 112 valence electrons. The van der Waals surface area contributed by atoms with Gasteiger partial charge >= 0.3 is 0 Å². The van der Waals surface area contributed by atoms with Crippen molar-refractivity contribution in [2.75, 3.05) is 7.05 Å². The number of hydrogen-bond donors (Lipinski definition) is 1. The van der Waals surface area contributed by atoms with E-state index >= 15 is 0 Å². The molecule has 1 N–H and O–H groups in total. The molecule has 0 aromatic heterocycles. The van der Waals surface area contributed by atoms with E-state index < -0.39 is 29.3 Å². The van der Waals surface area contributed by atoms with E-state index in [0.717, 1.165) is 11.6 Å². The van der Waals surface area contributed by atoms with Gasteiger partial charge in [0.15, 0.2) is 17.5 Å². The number of halogens is 5. The lowest BCUT2D eigenvalue weighted by atomic mass is 9.98. The fourth-order valence-corrected chi connectivity index (χ4v) is 2.51. The molecule has 0 saturated carbocycles. The van der Waals surface area contributed by atoms with Crippen LogP contribution in [0.2, 0.25) is 0 Å². The van der Waals surface area contributed by atoms with Crippen LogP contribution in [0, 0.1) is 23.3 Å². The average Bonchev–Trinajstić information content (AvgIpc) is 2.47. The van der Waals surface area contributed by atoms with Crippen molar-refractivity contribution in [1.29, 1.82) is 0 Å². The lowest BCUT2D eigenvalue weighted by Crippen LogP contribution is -2.21. The smallest absolute Gasteiger partial charge is 0.194 e. The Labute approximate surface area is 128 Å². The standard InChI is InChI=1S/C15H12BrF4N/c1-21-13(7-8-2-4-11(17)10(16)6-8)9-3-5-12(18)15(20)14(9)19/h2-6,13,21H,7H2,1H3. The third kappa shape index (κ3) is 3.44. The Balaban J connectivity index is 2.32. The SMILES string of the molecule is CNC(Cc1ccc(F)c(Br)c1)c1ccc(F)c(F)c1F. The Morgan fingerprint density at radius 2 is 1.67 bits per heavy atom. The Hall–Kier alpha value is -1.40. The maximum absolute atomic E-state index is 13.8. The van der Waals surface area contributed by atoms with Crippen molar-refractivity contribution in [3.8, 4) is 0 Å². The van der Waals surface area contributed by atoms with Gasteiger partial charge in [0.1, 0.15) is 5.82 Å². The predicted molar refractivity (Wildman–Crippen MR) is 75.9 cm³/mol. The number of benzene rings is 2. The van der Waals surface area contributed by atoms with Crippen LogP contribution >= 0.6 is 15.9 Å². The normalized spacial score (nSPS) is 12.5. The molecule has 2 aromatic carbocycles. The number of nitrogens with one attached hydrogen (secondary N) is 1. The van der Waals surface area contributed by atoms with Gasteiger partial charge in [-0.05, 0) is 53.2 Å². The summed E-state index contributed by atoms with van der Waals surface area (Å²) in [5.41, 5.74) is 0.753. The van der Waals surface area contributed by atoms with Gasteiger partial charge < -0.3 is 5.32 Å². The predicted octanol–water partition coefficient (Wildman–Crippen LogP) is 4.51. The second-order valence-corrected chi connectivity index (χ2v) is 5.41. The molecule has 1 atom stereocenters. The molecule has 1 nitrogen and oxygen atoms in total. The van der Waals surface area contributed by atoms with Crippen LogP contribution in [0.1, 0.15) is 17.2 Å². The Morgan fingerprint density at radius 3 is 2.29 bits per heavy atom. The zero-order chi connectivity index (χ0) is 15.6. The average molecular weight is 362 g/mol. The van der Waals surface area contributed by atoms with Crippen LogP contribution in [0.15, 0.2) is 34.8 Å². The van der Waals surface area contributed by atoms with E-state index in [1.54, 1.807) is 19.2 Å². The molecule has 0 saturated heterocycles. The molecule has 0 spiro atoms. The van der Waals surface area contributed by atoms with Gasteiger partial charge in [-0.2, -0.15) is 0 Å². The van der Waals surface area contributed by atoms with Gasteiger partial charge in [-0.1, -0.05) is 12.1 Å². The Morgan fingerprint density at radius 1 is 1.00 bits per heavy atom. The minimum atomic E-state index is -1.49. The van der Waals surface area contributed by atoms with Gasteiger partial charge in [0.25, 0.3) is 0 Å². The van der Waals surface area contributed by atoms with Gasteiger partial charge in [-0.3, -0.25) is 0 Å². The minimum absolute atomic E-state index is 0.0249. The fourth-order valence-electron chi connectivity index (χ4n) is 2.08. The summed E-state index contributed by atoms with van der Waals surface area (Å²) in [4.78, 5) is 0. The molecule has 0 aliphatic carbocycles. The van der Waals surface area contributed by atoms with E-state index in [4.69, 9.17) is 0 Å². The molecule has 0 aliphatic heterocycles. The molecule has 0 bridgehead atoms. The molecule has 21 heavy (non-hydrogen) atoms. The van der Waals surface area contributed by atoms with Gasteiger partial charge in [0.05, 0.1) is 4.47 Å². The minimum Gasteiger partial charge on any atom is -0.313 e. The van der Waals surface area contributed by atoms with Crippen molar-refractivity contribution < 1.29 is 17.6 Å². The molecule has 2 rings (SSSR count). The van der Waals surface area contributed by atoms with Gasteiger partial charge in [-0.15, -0.1) is 0 Å². The summed E-state index contributed by atoms with van der Waals surface area (Å²) in [5.74, 6) is -4.34. The van der Waals surface area contributed by atoms with Crippen molar-refractivity contribution in [2.24, 2.45) is 0 Å². The molecule has 0 heterocycles. The maximum atomic E-state index is 13.8. The molecule has 2 aromatic rings. The number of hydrogen-bond acceptors (Lipinski definition) is 1. The summed E-state index contributed by atoms with van der Waals surface area (Å²) < 4.78 is 53.6. The molecular formula is C15H12BrF4N. The number of likely N-dealkylation sites (N-methyl/N-ethyl adjacent to an activating group) is 1. The second kappa shape index (κ2) is 6.58. The third-order valence-corrected chi connectivity index (χ3v) is 3.82. The molecule has 0 radical (unpaired) electrons. The first-order valence-corrected chi connectivity index (χ1v) is 6.98. The van der Waals surface area contributed by atoms with Crippen LogP contribution in [0.4, 0.5) is 17.6 Å². The summed E-state index contributed by atoms with van der Waals surface area (Å²) in [6, 6.07) is 5.94. The van der Waals surface area contributed by atoms with E-state index in [2.05, 4.69) is 21.2 Å². The summed E-state index contributed by atoms with van der Waals surface area (Å²) >= 11 is 3.07. The third-order valence-electron chi connectivity index (χ3n) is 3.21. The van der Waals surface area contributed by atoms with E-state index in [1.807, 2.05) is 0 Å². The van der Waals surface area contributed by atoms with Crippen LogP contribution < -0.4 is 5.32 Å². The first-order valence-electron chi connectivity index (χ1n) is 6.18. The van der Waals surface area contributed by atoms with Crippen LogP contribution in [0.5, 0.6) is 0 Å². The summed E-state index contributed by atoms with van der Waals surface area (Å²) in [7, 11) is 1.59. The van der Waals surface area contributed by atoms with E-state index in [1.165, 1.54) is 12.1 Å². The van der Waals surface area contributed by atoms with Crippen LogP contribution in [0.25, 0.3) is 0 Å². The van der Waals surface area contributed by atoms with E-state index in [0.29, 0.717) is 10.9 Å². The molecule has 1 unspecified atom stereocenters. The van der Waals surface area contributed by atoms with Crippen LogP contribution in [-0.4, -0.2) is 7.05 Å². The van der Waals surface area contributed by atoms with E-state index in [9.17, 15) is 17.6 Å². The molecular weight excluding hydrogens is 350 g/mol. The fraction of sp³-hybridized carbons (Fsp3) is 0.200. The van der Waals surface area contributed by atoms with Crippen molar-refractivity contribution in [1.82, 2.24) is 5.32 Å². The maximum Gasteiger partial charge on any atom is 0.194 e. The lowest BCUT2D eigenvalue weighted by Gasteiger charge is -2.18. The van der Waals surface area contributed by atoms with Crippen LogP contribution in [-0.2, 0) is 6.42 Å². The summed E-state index contributed by atoms with van der Waals surface area (Å²) in [6.45, 7) is 0. The van der Waals surface area contributed by atoms with Gasteiger partial charge in [0.2, 0.25) is 0 Å². The largest absolute Gasteiger partial charge is 0.313 e. The highest BCUT2D eigenvalue weighted by Crippen LogP contribution is 2.26. The highest BCUT2D eigenvalue weighted by molar-refractivity contribution is 9.10. The van der Waals surface area contributed by atoms with Crippen LogP contribution in [0.3, 0.4) is 0 Å².